The summed E-state index contributed by atoms with van der Waals surface area (Å²) >= 11 is 5.87. The molecule has 0 atom stereocenters. The molecule has 0 N–H and O–H groups in total. The fraction of sp³-hybridized carbons (Fsp3) is 0.176. The van der Waals surface area contributed by atoms with Gasteiger partial charge in [-0.05, 0) is 42.7 Å². The van der Waals surface area contributed by atoms with Gasteiger partial charge in [0.1, 0.15) is 0 Å². The minimum Gasteiger partial charge on any atom is -0.421 e. The van der Waals surface area contributed by atoms with Gasteiger partial charge in [-0.1, -0.05) is 41.9 Å². The lowest BCUT2D eigenvalue weighted by Gasteiger charge is -1.99. The normalized spacial score (nSPS) is 10.2. The first-order chi connectivity index (χ1) is 10.3. The van der Waals surface area contributed by atoms with E-state index >= 15 is 0 Å². The summed E-state index contributed by atoms with van der Waals surface area (Å²) in [6.45, 7) is 0. The van der Waals surface area contributed by atoms with Crippen molar-refractivity contribution in [2.24, 2.45) is 0 Å². The molecule has 114 valence electrons. The zero-order valence-corrected chi connectivity index (χ0v) is 13.5. The number of aryl methyl sites for hydroxylation is 2. The number of hydrogen-bond acceptors (Lipinski definition) is 3. The highest BCUT2D eigenvalue weighted by Crippen LogP contribution is 2.18. The van der Waals surface area contributed by atoms with E-state index in [9.17, 15) is 0 Å². The Kier molecular flexibility index (Phi) is 5.99. The van der Waals surface area contributed by atoms with Gasteiger partial charge in [-0.15, -0.1) is 22.6 Å². The zero-order valence-electron chi connectivity index (χ0n) is 11.9. The molecule has 0 unspecified atom stereocenters. The highest BCUT2D eigenvalue weighted by Gasteiger charge is 2.07. The third kappa shape index (κ3) is 4.33. The highest BCUT2D eigenvalue weighted by atomic mass is 35.5. The van der Waals surface area contributed by atoms with E-state index in [4.69, 9.17) is 16.0 Å². The predicted molar refractivity (Wildman–Crippen MR) is 90.5 cm³/mol. The van der Waals surface area contributed by atoms with Crippen molar-refractivity contribution in [1.29, 1.82) is 0 Å². The van der Waals surface area contributed by atoms with E-state index in [1.165, 1.54) is 5.56 Å². The van der Waals surface area contributed by atoms with E-state index in [-0.39, 0.29) is 12.4 Å². The third-order valence-corrected chi connectivity index (χ3v) is 3.51. The van der Waals surface area contributed by atoms with Crippen LogP contribution in [0.25, 0.3) is 11.5 Å². The van der Waals surface area contributed by atoms with E-state index < -0.39 is 0 Å². The van der Waals surface area contributed by atoms with Crippen molar-refractivity contribution in [3.8, 4) is 11.5 Å². The van der Waals surface area contributed by atoms with Gasteiger partial charge < -0.3 is 4.42 Å². The number of hydrogen-bond donors (Lipinski definition) is 0. The summed E-state index contributed by atoms with van der Waals surface area (Å²) < 4.78 is 5.68. The Bertz CT molecular complexity index is 696. The fourth-order valence-corrected chi connectivity index (χ4v) is 2.27. The van der Waals surface area contributed by atoms with Gasteiger partial charge in [0.15, 0.2) is 0 Å². The van der Waals surface area contributed by atoms with Crippen LogP contribution in [0.1, 0.15) is 17.9 Å². The Balaban J connectivity index is 0.00000176. The number of benzene rings is 2. The average molecular weight is 335 g/mol. The number of rotatable bonds is 5. The van der Waals surface area contributed by atoms with E-state index in [1.54, 1.807) is 0 Å². The first-order valence-corrected chi connectivity index (χ1v) is 7.31. The molecular weight excluding hydrogens is 319 g/mol. The Morgan fingerprint density at radius 1 is 0.864 bits per heavy atom. The van der Waals surface area contributed by atoms with Gasteiger partial charge in [-0.2, -0.15) is 0 Å². The molecule has 1 aromatic heterocycles. The molecule has 0 fully saturated rings. The summed E-state index contributed by atoms with van der Waals surface area (Å²) in [5.74, 6) is 1.26. The molecule has 3 nitrogen and oxygen atoms in total. The van der Waals surface area contributed by atoms with Gasteiger partial charge in [0.05, 0.1) is 0 Å². The van der Waals surface area contributed by atoms with Crippen LogP contribution in [-0.2, 0) is 12.8 Å². The van der Waals surface area contributed by atoms with Crippen LogP contribution >= 0.6 is 24.0 Å². The van der Waals surface area contributed by atoms with Crippen LogP contribution in [0.15, 0.2) is 59.0 Å². The zero-order chi connectivity index (χ0) is 14.5. The molecule has 0 saturated heterocycles. The van der Waals surface area contributed by atoms with Crippen molar-refractivity contribution in [1.82, 2.24) is 10.2 Å². The van der Waals surface area contributed by atoms with Crippen molar-refractivity contribution in [3.63, 3.8) is 0 Å². The number of aromatic nitrogens is 2. The molecule has 1 heterocycles. The first-order valence-electron chi connectivity index (χ1n) is 6.93. The molecule has 22 heavy (non-hydrogen) atoms. The minimum absolute atomic E-state index is 0. The predicted octanol–water partition coefficient (Wildman–Crippen LogP) is 4.99. The fourth-order valence-electron chi connectivity index (χ4n) is 2.15. The molecule has 0 spiro atoms. The molecule has 0 amide bonds. The highest BCUT2D eigenvalue weighted by molar-refractivity contribution is 6.30. The van der Waals surface area contributed by atoms with Crippen LogP contribution in [0.2, 0.25) is 5.02 Å². The molecule has 3 aromatic rings. The molecule has 5 heteroatoms. The standard InChI is InChI=1S/C17H15ClN2O.ClH/c18-15-11-9-13(10-12-15)5-4-8-16-19-20-17(21-16)14-6-2-1-3-7-14;/h1-3,6-7,9-12H,4-5,8H2;1H. The Morgan fingerprint density at radius 3 is 2.32 bits per heavy atom. The van der Waals surface area contributed by atoms with Crippen LogP contribution in [0.5, 0.6) is 0 Å². The van der Waals surface area contributed by atoms with Crippen molar-refractivity contribution in [3.05, 3.63) is 71.1 Å². The third-order valence-electron chi connectivity index (χ3n) is 3.26. The lowest BCUT2D eigenvalue weighted by Crippen LogP contribution is -1.90. The van der Waals surface area contributed by atoms with Crippen molar-refractivity contribution in [2.75, 3.05) is 0 Å². The quantitative estimate of drug-likeness (QED) is 0.659. The summed E-state index contributed by atoms with van der Waals surface area (Å²) in [5, 5.41) is 8.96. The lowest BCUT2D eigenvalue weighted by molar-refractivity contribution is 0.497. The Labute approximate surface area is 140 Å². The first kappa shape index (κ1) is 16.5. The summed E-state index contributed by atoms with van der Waals surface area (Å²) in [6, 6.07) is 17.7. The molecule has 0 aliphatic rings. The lowest BCUT2D eigenvalue weighted by atomic mass is 10.1. The van der Waals surface area contributed by atoms with Crippen LogP contribution in [0.3, 0.4) is 0 Å². The molecule has 0 saturated carbocycles. The van der Waals surface area contributed by atoms with Crippen molar-refractivity contribution < 1.29 is 4.42 Å². The van der Waals surface area contributed by atoms with Crippen molar-refractivity contribution in [2.45, 2.75) is 19.3 Å². The molecule has 0 radical (unpaired) electrons. The second kappa shape index (κ2) is 7.97. The molecule has 3 rings (SSSR count). The smallest absolute Gasteiger partial charge is 0.247 e. The van der Waals surface area contributed by atoms with E-state index in [2.05, 4.69) is 10.2 Å². The Morgan fingerprint density at radius 2 is 1.59 bits per heavy atom. The average Bonchev–Trinajstić information content (AvgIpc) is 2.99. The van der Waals surface area contributed by atoms with Gasteiger partial charge in [-0.25, -0.2) is 0 Å². The second-order valence-corrected chi connectivity index (χ2v) is 5.28. The minimum atomic E-state index is 0. The van der Waals surface area contributed by atoms with E-state index in [1.807, 2.05) is 54.6 Å². The summed E-state index contributed by atoms with van der Waals surface area (Å²) in [4.78, 5) is 0. The maximum atomic E-state index is 5.87. The second-order valence-electron chi connectivity index (χ2n) is 4.85. The van der Waals surface area contributed by atoms with Crippen LogP contribution < -0.4 is 0 Å². The molecule has 0 aliphatic heterocycles. The maximum Gasteiger partial charge on any atom is 0.247 e. The monoisotopic (exact) mass is 334 g/mol. The molecule has 2 aromatic carbocycles. The van der Waals surface area contributed by atoms with Gasteiger partial charge in [0.2, 0.25) is 11.8 Å². The number of halogens is 2. The van der Waals surface area contributed by atoms with Gasteiger partial charge in [-0.3, -0.25) is 0 Å². The van der Waals surface area contributed by atoms with E-state index in [0.717, 1.165) is 29.8 Å². The SMILES string of the molecule is Cl.Clc1ccc(CCCc2nnc(-c3ccccc3)o2)cc1. The summed E-state index contributed by atoms with van der Waals surface area (Å²) in [7, 11) is 0. The van der Waals surface area contributed by atoms with Gasteiger partial charge in [0, 0.05) is 17.0 Å². The summed E-state index contributed by atoms with van der Waals surface area (Å²) in [6.07, 6.45) is 2.72. The maximum absolute atomic E-state index is 5.87. The molecule has 0 aliphatic carbocycles. The van der Waals surface area contributed by atoms with E-state index in [0.29, 0.717) is 11.8 Å². The molecular formula is C17H16Cl2N2O. The van der Waals surface area contributed by atoms with Crippen LogP contribution in [0.4, 0.5) is 0 Å². The van der Waals surface area contributed by atoms with Crippen LogP contribution in [-0.4, -0.2) is 10.2 Å². The van der Waals surface area contributed by atoms with Gasteiger partial charge >= 0.3 is 0 Å². The molecule has 0 bridgehead atoms. The largest absolute Gasteiger partial charge is 0.421 e. The number of nitrogens with zero attached hydrogens (tertiary/aromatic N) is 2. The van der Waals surface area contributed by atoms with Crippen LogP contribution in [0, 0.1) is 0 Å². The summed E-state index contributed by atoms with van der Waals surface area (Å²) in [5.41, 5.74) is 2.22. The van der Waals surface area contributed by atoms with Gasteiger partial charge in [0.25, 0.3) is 0 Å². The van der Waals surface area contributed by atoms with Crippen molar-refractivity contribution >= 4 is 24.0 Å². The topological polar surface area (TPSA) is 38.9 Å². The Hall–Kier alpha value is -1.84.